The van der Waals surface area contributed by atoms with Crippen LogP contribution in [-0.2, 0) is 16.0 Å². The van der Waals surface area contributed by atoms with E-state index in [1.165, 1.54) is 7.11 Å². The first-order valence-electron chi connectivity index (χ1n) is 6.67. The smallest absolute Gasteiger partial charge is 0.313 e. The van der Waals surface area contributed by atoms with Crippen molar-refractivity contribution in [1.29, 1.82) is 0 Å². The quantitative estimate of drug-likeness (QED) is 0.819. The molecule has 0 spiro atoms. The van der Waals surface area contributed by atoms with Crippen LogP contribution in [0.4, 0.5) is 5.69 Å². The number of esters is 1. The van der Waals surface area contributed by atoms with Crippen molar-refractivity contribution in [3.8, 4) is 0 Å². The number of carbonyl (C=O) groups excluding carboxylic acids is 2. The molecule has 1 aliphatic rings. The van der Waals surface area contributed by atoms with Crippen LogP contribution in [0.5, 0.6) is 0 Å². The van der Waals surface area contributed by atoms with Crippen molar-refractivity contribution < 1.29 is 14.3 Å². The summed E-state index contributed by atoms with van der Waals surface area (Å²) in [5.74, 6) is -0.507. The number of rotatable bonds is 4. The maximum Gasteiger partial charge on any atom is 0.313 e. The second-order valence-electron chi connectivity index (χ2n) is 5.61. The first-order chi connectivity index (χ1) is 9.44. The van der Waals surface area contributed by atoms with Gasteiger partial charge in [-0.05, 0) is 44.0 Å². The van der Waals surface area contributed by atoms with E-state index in [1.807, 2.05) is 12.1 Å². The normalized spacial score (nSPS) is 13.3. The Morgan fingerprint density at radius 3 is 2.85 bits per heavy atom. The van der Waals surface area contributed by atoms with Crippen LogP contribution in [0, 0.1) is 5.41 Å². The van der Waals surface area contributed by atoms with Crippen LogP contribution in [0.2, 0.25) is 0 Å². The Labute approximate surface area is 118 Å². The number of methoxy groups -OCH3 is 1. The molecule has 5 nitrogen and oxygen atoms in total. The minimum Gasteiger partial charge on any atom is -0.469 e. The summed E-state index contributed by atoms with van der Waals surface area (Å²) < 4.78 is 4.72. The summed E-state index contributed by atoms with van der Waals surface area (Å²) in [7, 11) is 1.35. The van der Waals surface area contributed by atoms with Crippen LogP contribution < -0.4 is 10.6 Å². The Morgan fingerprint density at radius 2 is 2.15 bits per heavy atom. The molecule has 0 fully saturated rings. The number of ether oxygens (including phenoxy) is 1. The molecule has 108 valence electrons. The van der Waals surface area contributed by atoms with Crippen molar-refractivity contribution in [1.82, 2.24) is 5.32 Å². The van der Waals surface area contributed by atoms with E-state index in [4.69, 9.17) is 4.74 Å². The molecule has 0 radical (unpaired) electrons. The topological polar surface area (TPSA) is 67.4 Å². The summed E-state index contributed by atoms with van der Waals surface area (Å²) in [5.41, 5.74) is 2.14. The van der Waals surface area contributed by atoms with Gasteiger partial charge in [0.25, 0.3) is 5.91 Å². The number of anilines is 1. The molecule has 2 N–H and O–H groups in total. The number of amides is 1. The summed E-state index contributed by atoms with van der Waals surface area (Å²) in [6.07, 6.45) is 0.935. The van der Waals surface area contributed by atoms with Gasteiger partial charge in [-0.15, -0.1) is 0 Å². The lowest BCUT2D eigenvalue weighted by Crippen LogP contribution is -2.39. The summed E-state index contributed by atoms with van der Waals surface area (Å²) >= 11 is 0. The molecule has 0 bridgehead atoms. The summed E-state index contributed by atoms with van der Waals surface area (Å²) in [6, 6.07) is 5.61. The van der Waals surface area contributed by atoms with Gasteiger partial charge in [0.05, 0.1) is 12.5 Å². The second kappa shape index (κ2) is 5.53. The zero-order valence-corrected chi connectivity index (χ0v) is 12.1. The zero-order chi connectivity index (χ0) is 14.8. The molecule has 1 heterocycles. The van der Waals surface area contributed by atoms with Gasteiger partial charge in [-0.3, -0.25) is 9.59 Å². The van der Waals surface area contributed by atoms with E-state index in [0.29, 0.717) is 5.56 Å². The first-order valence-corrected chi connectivity index (χ1v) is 6.67. The maximum absolute atomic E-state index is 12.1. The highest BCUT2D eigenvalue weighted by atomic mass is 16.5. The van der Waals surface area contributed by atoms with Gasteiger partial charge in [-0.1, -0.05) is 0 Å². The number of fused-ring (bicyclic) bond motifs is 1. The van der Waals surface area contributed by atoms with E-state index < -0.39 is 5.41 Å². The van der Waals surface area contributed by atoms with Crippen molar-refractivity contribution in [2.24, 2.45) is 5.41 Å². The van der Waals surface area contributed by atoms with Gasteiger partial charge in [-0.25, -0.2) is 0 Å². The fourth-order valence-electron chi connectivity index (χ4n) is 2.20. The number of benzene rings is 1. The summed E-state index contributed by atoms with van der Waals surface area (Å²) in [4.78, 5) is 23.7. The van der Waals surface area contributed by atoms with Crippen LogP contribution >= 0.6 is 0 Å². The third kappa shape index (κ3) is 2.92. The Bertz CT molecular complexity index is 538. The molecular weight excluding hydrogens is 256 g/mol. The molecule has 0 aliphatic carbocycles. The molecular formula is C15H20N2O3. The van der Waals surface area contributed by atoms with Crippen LogP contribution in [0.15, 0.2) is 18.2 Å². The Morgan fingerprint density at radius 1 is 1.40 bits per heavy atom. The molecule has 1 aromatic rings. The lowest BCUT2D eigenvalue weighted by molar-refractivity contribution is -0.150. The average Bonchev–Trinajstić information content (AvgIpc) is 2.91. The molecule has 0 unspecified atom stereocenters. The highest BCUT2D eigenvalue weighted by Crippen LogP contribution is 2.23. The molecule has 0 saturated carbocycles. The van der Waals surface area contributed by atoms with Crippen molar-refractivity contribution >= 4 is 17.6 Å². The van der Waals surface area contributed by atoms with Gasteiger partial charge in [0.2, 0.25) is 0 Å². The van der Waals surface area contributed by atoms with Crippen molar-refractivity contribution in [2.45, 2.75) is 20.3 Å². The fraction of sp³-hybridized carbons (Fsp3) is 0.467. The molecule has 5 heteroatoms. The van der Waals surface area contributed by atoms with Crippen molar-refractivity contribution in [3.05, 3.63) is 29.3 Å². The molecule has 20 heavy (non-hydrogen) atoms. The molecule has 0 atom stereocenters. The predicted octanol–water partition coefficient (Wildman–Crippen LogP) is 1.58. The third-order valence-electron chi connectivity index (χ3n) is 3.51. The van der Waals surface area contributed by atoms with E-state index >= 15 is 0 Å². The van der Waals surface area contributed by atoms with E-state index in [9.17, 15) is 9.59 Å². The van der Waals surface area contributed by atoms with E-state index in [0.717, 1.165) is 24.2 Å². The number of nitrogens with one attached hydrogen (secondary N) is 2. The number of hydrogen-bond acceptors (Lipinski definition) is 4. The average molecular weight is 276 g/mol. The SMILES string of the molecule is COC(=O)C(C)(C)CNC(=O)c1ccc2c(c1)CCN2. The van der Waals surface area contributed by atoms with Crippen LogP contribution in [0.3, 0.4) is 0 Å². The predicted molar refractivity (Wildman–Crippen MR) is 76.8 cm³/mol. The second-order valence-corrected chi connectivity index (χ2v) is 5.61. The lowest BCUT2D eigenvalue weighted by atomic mass is 9.93. The van der Waals surface area contributed by atoms with Crippen molar-refractivity contribution in [3.63, 3.8) is 0 Å². The molecule has 2 rings (SSSR count). The van der Waals surface area contributed by atoms with E-state index in [-0.39, 0.29) is 18.4 Å². The number of carbonyl (C=O) groups is 2. The molecule has 1 amide bonds. The monoisotopic (exact) mass is 276 g/mol. The molecule has 0 aromatic heterocycles. The first kappa shape index (κ1) is 14.4. The van der Waals surface area contributed by atoms with Crippen LogP contribution in [0.1, 0.15) is 29.8 Å². The van der Waals surface area contributed by atoms with E-state index in [1.54, 1.807) is 19.9 Å². The molecule has 0 saturated heterocycles. The van der Waals surface area contributed by atoms with Gasteiger partial charge < -0.3 is 15.4 Å². The zero-order valence-electron chi connectivity index (χ0n) is 12.1. The van der Waals surface area contributed by atoms with Gasteiger partial charge in [0.1, 0.15) is 0 Å². The van der Waals surface area contributed by atoms with Crippen LogP contribution in [0.25, 0.3) is 0 Å². The Balaban J connectivity index is 2.00. The van der Waals surface area contributed by atoms with Gasteiger partial charge in [-0.2, -0.15) is 0 Å². The maximum atomic E-state index is 12.1. The van der Waals surface area contributed by atoms with E-state index in [2.05, 4.69) is 10.6 Å². The number of hydrogen-bond donors (Lipinski definition) is 2. The summed E-state index contributed by atoms with van der Waals surface area (Å²) in [6.45, 7) is 4.64. The van der Waals surface area contributed by atoms with Gasteiger partial charge >= 0.3 is 5.97 Å². The largest absolute Gasteiger partial charge is 0.469 e. The Hall–Kier alpha value is -2.04. The van der Waals surface area contributed by atoms with Gasteiger partial charge in [0.15, 0.2) is 0 Å². The van der Waals surface area contributed by atoms with Gasteiger partial charge in [0, 0.05) is 24.3 Å². The summed E-state index contributed by atoms with van der Waals surface area (Å²) in [5, 5.41) is 6.04. The minimum absolute atomic E-state index is 0.170. The highest BCUT2D eigenvalue weighted by Gasteiger charge is 2.29. The lowest BCUT2D eigenvalue weighted by Gasteiger charge is -2.21. The van der Waals surface area contributed by atoms with Crippen LogP contribution in [-0.4, -0.2) is 32.1 Å². The Kier molecular flexibility index (Phi) is 3.97. The van der Waals surface area contributed by atoms with Crippen molar-refractivity contribution in [2.75, 3.05) is 25.5 Å². The minimum atomic E-state index is -0.733. The fourth-order valence-corrected chi connectivity index (χ4v) is 2.20. The highest BCUT2D eigenvalue weighted by molar-refractivity contribution is 5.95. The standard InChI is InChI=1S/C15H20N2O3/c1-15(2,14(19)20-3)9-17-13(18)11-4-5-12-10(8-11)6-7-16-12/h4-5,8,16H,6-7,9H2,1-3H3,(H,17,18). The molecule has 1 aromatic carbocycles. The third-order valence-corrected chi connectivity index (χ3v) is 3.51. The molecule has 1 aliphatic heterocycles.